The summed E-state index contributed by atoms with van der Waals surface area (Å²) in [4.78, 5) is 15.8. The van der Waals surface area contributed by atoms with Crippen LogP contribution in [0.5, 0.6) is 0 Å². The highest BCUT2D eigenvalue weighted by Gasteiger charge is 2.50. The molecule has 2 N–H and O–H groups in total. The van der Waals surface area contributed by atoms with E-state index in [1.807, 2.05) is 0 Å². The van der Waals surface area contributed by atoms with Crippen molar-refractivity contribution in [1.29, 1.82) is 0 Å². The molecule has 0 bridgehead atoms. The molecule has 0 saturated heterocycles. The topological polar surface area (TPSA) is 64.7 Å². The van der Waals surface area contributed by atoms with Crippen LogP contribution in [-0.4, -0.2) is 17.7 Å². The molecule has 2 rings (SSSR count). The van der Waals surface area contributed by atoms with Crippen LogP contribution in [0.15, 0.2) is 5.16 Å². The van der Waals surface area contributed by atoms with Crippen LogP contribution < -0.4 is 5.73 Å². The van der Waals surface area contributed by atoms with Gasteiger partial charge in [-0.15, -0.1) is 0 Å². The van der Waals surface area contributed by atoms with Crippen molar-refractivity contribution in [2.45, 2.75) is 24.9 Å². The van der Waals surface area contributed by atoms with Gasteiger partial charge in [-0.1, -0.05) is 5.16 Å². The van der Waals surface area contributed by atoms with Crippen LogP contribution in [0.4, 0.5) is 0 Å². The minimum absolute atomic E-state index is 0.0108. The standard InChI is InChI=1S/C7H10N2O2/c8-6(10)5-3-7(4-5)1-2-9-11-7/h2,5H,1,3-4H2,(H2,8,10). The lowest BCUT2D eigenvalue weighted by Crippen LogP contribution is -2.48. The van der Waals surface area contributed by atoms with Crippen molar-refractivity contribution in [3.8, 4) is 0 Å². The lowest BCUT2D eigenvalue weighted by atomic mass is 9.69. The first kappa shape index (κ1) is 6.64. The van der Waals surface area contributed by atoms with Crippen molar-refractivity contribution in [2.24, 2.45) is 16.8 Å². The average molecular weight is 154 g/mol. The van der Waals surface area contributed by atoms with Crippen LogP contribution in [0.1, 0.15) is 19.3 Å². The van der Waals surface area contributed by atoms with Crippen LogP contribution in [0.2, 0.25) is 0 Å². The first-order valence-electron chi connectivity index (χ1n) is 3.71. The number of hydrogen-bond acceptors (Lipinski definition) is 3. The Morgan fingerprint density at radius 1 is 1.73 bits per heavy atom. The van der Waals surface area contributed by atoms with Gasteiger partial charge >= 0.3 is 0 Å². The highest BCUT2D eigenvalue weighted by Crippen LogP contribution is 2.44. The van der Waals surface area contributed by atoms with Crippen molar-refractivity contribution in [3.63, 3.8) is 0 Å². The number of carbonyl (C=O) groups excluding carboxylic acids is 1. The van der Waals surface area contributed by atoms with Crippen molar-refractivity contribution >= 4 is 12.1 Å². The van der Waals surface area contributed by atoms with E-state index in [9.17, 15) is 4.79 Å². The van der Waals surface area contributed by atoms with Crippen LogP contribution in [0, 0.1) is 5.92 Å². The second-order valence-electron chi connectivity index (χ2n) is 3.27. The van der Waals surface area contributed by atoms with Gasteiger partial charge in [0.15, 0.2) is 0 Å². The molecule has 1 fully saturated rings. The highest BCUT2D eigenvalue weighted by atomic mass is 16.7. The Bertz CT molecular complexity index is 208. The molecule has 1 spiro atoms. The van der Waals surface area contributed by atoms with Gasteiger partial charge in [0.05, 0.1) is 0 Å². The van der Waals surface area contributed by atoms with Crippen LogP contribution >= 0.6 is 0 Å². The van der Waals surface area contributed by atoms with Gasteiger partial charge in [0, 0.05) is 31.4 Å². The molecule has 0 aromatic heterocycles. The number of nitrogens with two attached hydrogens (primary N) is 1. The molecule has 1 amide bonds. The van der Waals surface area contributed by atoms with Crippen molar-refractivity contribution in [3.05, 3.63) is 0 Å². The van der Waals surface area contributed by atoms with Gasteiger partial charge in [0.25, 0.3) is 0 Å². The normalized spacial score (nSPS) is 40.2. The van der Waals surface area contributed by atoms with E-state index in [0.29, 0.717) is 0 Å². The van der Waals surface area contributed by atoms with Gasteiger partial charge in [-0.25, -0.2) is 0 Å². The molecule has 60 valence electrons. The van der Waals surface area contributed by atoms with Crippen LogP contribution in [0.3, 0.4) is 0 Å². The Labute approximate surface area is 64.4 Å². The summed E-state index contributed by atoms with van der Waals surface area (Å²) < 4.78 is 0. The number of primary amides is 1. The molecule has 0 unspecified atom stereocenters. The third-order valence-corrected chi connectivity index (χ3v) is 2.42. The number of oxime groups is 1. The molecule has 4 heteroatoms. The predicted molar refractivity (Wildman–Crippen MR) is 38.8 cm³/mol. The number of hydrogen-bond donors (Lipinski definition) is 1. The van der Waals surface area contributed by atoms with Crippen molar-refractivity contribution < 1.29 is 9.63 Å². The number of carbonyl (C=O) groups is 1. The Kier molecular flexibility index (Phi) is 1.19. The zero-order chi connectivity index (χ0) is 7.90. The van der Waals surface area contributed by atoms with E-state index in [0.717, 1.165) is 19.3 Å². The lowest BCUT2D eigenvalue weighted by molar-refractivity contribution is -0.144. The number of nitrogens with zero attached hydrogens (tertiary/aromatic N) is 1. The maximum Gasteiger partial charge on any atom is 0.220 e. The molecule has 0 atom stereocenters. The molecule has 1 aliphatic carbocycles. The summed E-state index contributed by atoms with van der Waals surface area (Å²) in [6, 6.07) is 0. The maximum absolute atomic E-state index is 10.6. The Balaban J connectivity index is 1.92. The summed E-state index contributed by atoms with van der Waals surface area (Å²) in [7, 11) is 0. The monoisotopic (exact) mass is 154 g/mol. The van der Waals surface area contributed by atoms with E-state index < -0.39 is 0 Å². The predicted octanol–water partition coefficient (Wildman–Crippen LogP) is 0.0266. The fourth-order valence-corrected chi connectivity index (χ4v) is 1.67. The van der Waals surface area contributed by atoms with Crippen molar-refractivity contribution in [1.82, 2.24) is 0 Å². The molecular formula is C7H10N2O2. The second-order valence-corrected chi connectivity index (χ2v) is 3.27. The molecule has 4 nitrogen and oxygen atoms in total. The first-order chi connectivity index (χ1) is 5.22. The third-order valence-electron chi connectivity index (χ3n) is 2.42. The summed E-state index contributed by atoms with van der Waals surface area (Å²) in [5, 5.41) is 3.68. The van der Waals surface area contributed by atoms with E-state index in [1.54, 1.807) is 6.21 Å². The Morgan fingerprint density at radius 2 is 2.45 bits per heavy atom. The largest absolute Gasteiger partial charge is 0.389 e. The van der Waals surface area contributed by atoms with Crippen LogP contribution in [-0.2, 0) is 9.63 Å². The second kappa shape index (κ2) is 1.96. The van der Waals surface area contributed by atoms with Gasteiger partial charge in [-0.3, -0.25) is 4.79 Å². The Hall–Kier alpha value is -1.06. The third kappa shape index (κ3) is 0.895. The van der Waals surface area contributed by atoms with Crippen LogP contribution in [0.25, 0.3) is 0 Å². The molecule has 2 aliphatic rings. The summed E-state index contributed by atoms with van der Waals surface area (Å²) in [6.45, 7) is 0. The zero-order valence-corrected chi connectivity index (χ0v) is 6.12. The van der Waals surface area contributed by atoms with E-state index in [4.69, 9.17) is 10.6 Å². The molecule has 1 aliphatic heterocycles. The van der Waals surface area contributed by atoms with Gasteiger partial charge in [-0.2, -0.15) is 0 Å². The zero-order valence-electron chi connectivity index (χ0n) is 6.12. The summed E-state index contributed by atoms with van der Waals surface area (Å²) in [6.07, 6.45) is 4.05. The fraction of sp³-hybridized carbons (Fsp3) is 0.714. The molecule has 1 saturated carbocycles. The Morgan fingerprint density at radius 3 is 2.91 bits per heavy atom. The summed E-state index contributed by atoms with van der Waals surface area (Å²) in [5.41, 5.74) is 4.96. The summed E-state index contributed by atoms with van der Waals surface area (Å²) >= 11 is 0. The highest BCUT2D eigenvalue weighted by molar-refractivity contribution is 5.78. The minimum Gasteiger partial charge on any atom is -0.389 e. The fourth-order valence-electron chi connectivity index (χ4n) is 1.67. The van der Waals surface area contributed by atoms with E-state index in [-0.39, 0.29) is 17.4 Å². The van der Waals surface area contributed by atoms with Gasteiger partial charge in [0.1, 0.15) is 5.60 Å². The molecule has 11 heavy (non-hydrogen) atoms. The minimum atomic E-state index is -0.217. The van der Waals surface area contributed by atoms with E-state index in [1.165, 1.54) is 0 Å². The number of rotatable bonds is 1. The molecule has 0 aromatic rings. The van der Waals surface area contributed by atoms with Gasteiger partial charge in [0.2, 0.25) is 5.91 Å². The first-order valence-corrected chi connectivity index (χ1v) is 3.71. The lowest BCUT2D eigenvalue weighted by Gasteiger charge is -2.40. The quantitative estimate of drug-likeness (QED) is 0.579. The maximum atomic E-state index is 10.6. The van der Waals surface area contributed by atoms with Crippen molar-refractivity contribution in [2.75, 3.05) is 0 Å². The molecule has 0 radical (unpaired) electrons. The molecule has 0 aromatic carbocycles. The van der Waals surface area contributed by atoms with E-state index in [2.05, 4.69) is 5.16 Å². The smallest absolute Gasteiger partial charge is 0.220 e. The van der Waals surface area contributed by atoms with Gasteiger partial charge in [-0.05, 0) is 0 Å². The van der Waals surface area contributed by atoms with E-state index >= 15 is 0 Å². The molecule has 1 heterocycles. The number of amides is 1. The summed E-state index contributed by atoms with van der Waals surface area (Å²) in [5.74, 6) is -0.206. The van der Waals surface area contributed by atoms with Gasteiger partial charge < -0.3 is 10.6 Å². The average Bonchev–Trinajstić information content (AvgIpc) is 2.29. The molecular weight excluding hydrogens is 144 g/mol. The SMILES string of the molecule is NC(=O)C1CC2(CC=NO2)C1.